The Morgan fingerprint density at radius 1 is 1.11 bits per heavy atom. The first kappa shape index (κ1) is 24.8. The van der Waals surface area contributed by atoms with Crippen molar-refractivity contribution < 1.29 is 5.11 Å². The van der Waals surface area contributed by atoms with Gasteiger partial charge in [0.25, 0.3) is 0 Å². The van der Waals surface area contributed by atoms with E-state index in [1.54, 1.807) is 0 Å². The number of aliphatic hydroxyl groups excluding tert-OH is 1. The van der Waals surface area contributed by atoms with E-state index < -0.39 is 6.10 Å². The number of aromatic nitrogens is 2. The standard InChI is InChI=1S/C28H33ClN6O/c1-33-13-12-27-25(19-33)28(20-6-8-22(29)9-7-20)32-35(27)18-24(36)17-34-14-10-23(11-15-34)31-26-5-3-2-4-21(26)16-30/h2-9,23-24,31,36H,10-15,17-19H2,1H3. The van der Waals surface area contributed by atoms with Crippen molar-refractivity contribution in [1.82, 2.24) is 19.6 Å². The van der Waals surface area contributed by atoms with E-state index in [9.17, 15) is 10.4 Å². The van der Waals surface area contributed by atoms with Gasteiger partial charge in [0.05, 0.1) is 29.6 Å². The third-order valence-corrected chi connectivity index (χ3v) is 7.54. The van der Waals surface area contributed by atoms with Gasteiger partial charge in [-0.3, -0.25) is 4.68 Å². The number of likely N-dealkylation sites (N-methyl/N-ethyl adjacent to an activating group) is 1. The number of hydrogen-bond acceptors (Lipinski definition) is 6. The SMILES string of the molecule is CN1CCc2c(c(-c3ccc(Cl)cc3)nn2CC(O)CN2CCC(Nc3ccccc3C#N)CC2)C1. The minimum Gasteiger partial charge on any atom is -0.390 e. The van der Waals surface area contributed by atoms with Crippen LogP contribution in [-0.4, -0.2) is 70.1 Å². The zero-order chi connectivity index (χ0) is 25.1. The number of rotatable bonds is 7. The Morgan fingerprint density at radius 3 is 2.61 bits per heavy atom. The lowest BCUT2D eigenvalue weighted by Crippen LogP contribution is -2.43. The second-order valence-corrected chi connectivity index (χ2v) is 10.4. The second-order valence-electron chi connectivity index (χ2n) is 9.98. The van der Waals surface area contributed by atoms with Crippen molar-refractivity contribution in [1.29, 1.82) is 5.26 Å². The van der Waals surface area contributed by atoms with Crippen LogP contribution in [0.15, 0.2) is 48.5 Å². The van der Waals surface area contributed by atoms with Crippen LogP contribution in [0.1, 0.15) is 29.7 Å². The summed E-state index contributed by atoms with van der Waals surface area (Å²) in [6.07, 6.45) is 2.41. The van der Waals surface area contributed by atoms with E-state index in [0.29, 0.717) is 29.7 Å². The van der Waals surface area contributed by atoms with Gasteiger partial charge in [0.2, 0.25) is 0 Å². The molecule has 5 rings (SSSR count). The summed E-state index contributed by atoms with van der Waals surface area (Å²) < 4.78 is 2.03. The van der Waals surface area contributed by atoms with Gasteiger partial charge in [0.15, 0.2) is 0 Å². The average molecular weight is 505 g/mol. The molecule has 2 aromatic carbocycles. The fourth-order valence-corrected chi connectivity index (χ4v) is 5.48. The molecule has 2 N–H and O–H groups in total. The summed E-state index contributed by atoms with van der Waals surface area (Å²) in [4.78, 5) is 4.65. The monoisotopic (exact) mass is 504 g/mol. The summed E-state index contributed by atoms with van der Waals surface area (Å²) in [7, 11) is 2.14. The van der Waals surface area contributed by atoms with Crippen molar-refractivity contribution in [3.63, 3.8) is 0 Å². The minimum absolute atomic E-state index is 0.338. The first-order chi connectivity index (χ1) is 17.5. The van der Waals surface area contributed by atoms with Gasteiger partial charge in [-0.25, -0.2) is 0 Å². The number of aliphatic hydroxyl groups is 1. The van der Waals surface area contributed by atoms with Crippen LogP contribution < -0.4 is 5.32 Å². The van der Waals surface area contributed by atoms with Crippen molar-refractivity contribution >= 4 is 17.3 Å². The Morgan fingerprint density at radius 2 is 1.86 bits per heavy atom. The lowest BCUT2D eigenvalue weighted by molar-refractivity contribution is 0.0828. The second kappa shape index (κ2) is 11.0. The van der Waals surface area contributed by atoms with Crippen molar-refractivity contribution in [3.8, 4) is 17.3 Å². The predicted molar refractivity (Wildman–Crippen MR) is 143 cm³/mol. The van der Waals surface area contributed by atoms with Gasteiger partial charge in [-0.05, 0) is 44.2 Å². The highest BCUT2D eigenvalue weighted by Crippen LogP contribution is 2.30. The molecule has 1 aromatic heterocycles. The van der Waals surface area contributed by atoms with E-state index in [2.05, 4.69) is 28.2 Å². The minimum atomic E-state index is -0.490. The zero-order valence-corrected chi connectivity index (χ0v) is 21.5. The lowest BCUT2D eigenvalue weighted by atomic mass is 10.0. The van der Waals surface area contributed by atoms with Crippen LogP contribution in [0.25, 0.3) is 11.3 Å². The van der Waals surface area contributed by atoms with Gasteiger partial charge in [-0.15, -0.1) is 0 Å². The van der Waals surface area contributed by atoms with Crippen LogP contribution >= 0.6 is 11.6 Å². The fraction of sp³-hybridized carbons (Fsp3) is 0.429. The Bertz CT molecular complexity index is 1230. The number of likely N-dealkylation sites (tertiary alicyclic amines) is 1. The molecule has 2 aliphatic rings. The molecule has 1 atom stereocenters. The maximum Gasteiger partial charge on any atom is 0.101 e. The molecule has 7 nitrogen and oxygen atoms in total. The highest BCUT2D eigenvalue weighted by Gasteiger charge is 2.26. The predicted octanol–water partition coefficient (Wildman–Crippen LogP) is 4.00. The third-order valence-electron chi connectivity index (χ3n) is 7.29. The summed E-state index contributed by atoms with van der Waals surface area (Å²) in [5, 5.41) is 29.6. The Balaban J connectivity index is 1.21. The van der Waals surface area contributed by atoms with Gasteiger partial charge in [-0.2, -0.15) is 10.4 Å². The summed E-state index contributed by atoms with van der Waals surface area (Å²) in [5.41, 5.74) is 6.13. The molecule has 1 unspecified atom stereocenters. The number of nitrogens with zero attached hydrogens (tertiary/aromatic N) is 5. The number of para-hydroxylation sites is 1. The summed E-state index contributed by atoms with van der Waals surface area (Å²) in [5.74, 6) is 0. The molecule has 0 spiro atoms. The van der Waals surface area contributed by atoms with Crippen LogP contribution in [0.4, 0.5) is 5.69 Å². The molecule has 0 aliphatic carbocycles. The first-order valence-corrected chi connectivity index (χ1v) is 13.1. The maximum atomic E-state index is 11.0. The lowest BCUT2D eigenvalue weighted by Gasteiger charge is -2.34. The molecule has 1 saturated heterocycles. The quantitative estimate of drug-likeness (QED) is 0.506. The molecule has 0 saturated carbocycles. The van der Waals surface area contributed by atoms with Crippen LogP contribution in [-0.2, 0) is 19.5 Å². The molecule has 3 heterocycles. The van der Waals surface area contributed by atoms with Crippen LogP contribution in [0.2, 0.25) is 5.02 Å². The number of nitrogens with one attached hydrogen (secondary N) is 1. The maximum absolute atomic E-state index is 11.0. The number of halogens is 1. The Hall–Kier alpha value is -2.89. The number of piperidine rings is 1. The zero-order valence-electron chi connectivity index (χ0n) is 20.7. The highest BCUT2D eigenvalue weighted by atomic mass is 35.5. The molecular weight excluding hydrogens is 472 g/mol. The Kier molecular flexibility index (Phi) is 7.59. The molecule has 8 heteroatoms. The van der Waals surface area contributed by atoms with Gasteiger partial charge in [-0.1, -0.05) is 35.9 Å². The molecule has 0 bridgehead atoms. The Labute approximate surface area is 217 Å². The molecular formula is C28H33ClN6O. The van der Waals surface area contributed by atoms with Gasteiger partial charge >= 0.3 is 0 Å². The number of anilines is 1. The van der Waals surface area contributed by atoms with Crippen LogP contribution in [0.3, 0.4) is 0 Å². The first-order valence-electron chi connectivity index (χ1n) is 12.7. The molecule has 1 fully saturated rings. The van der Waals surface area contributed by atoms with Gasteiger partial charge in [0.1, 0.15) is 6.07 Å². The van der Waals surface area contributed by atoms with Crippen molar-refractivity contribution in [3.05, 3.63) is 70.4 Å². The van der Waals surface area contributed by atoms with E-state index in [1.165, 1.54) is 11.3 Å². The molecule has 0 radical (unpaired) electrons. The average Bonchev–Trinajstić information content (AvgIpc) is 3.23. The van der Waals surface area contributed by atoms with Crippen molar-refractivity contribution in [2.45, 2.75) is 44.5 Å². The third kappa shape index (κ3) is 5.58. The van der Waals surface area contributed by atoms with Gasteiger partial charge in [0, 0.05) is 67.0 Å². The van der Waals surface area contributed by atoms with Crippen molar-refractivity contribution in [2.24, 2.45) is 0 Å². The normalized spacial score (nSPS) is 17.9. The van der Waals surface area contributed by atoms with E-state index in [1.807, 2.05) is 53.2 Å². The number of nitriles is 1. The largest absolute Gasteiger partial charge is 0.390 e. The summed E-state index contributed by atoms with van der Waals surface area (Å²) in [6, 6.07) is 18.1. The fourth-order valence-electron chi connectivity index (χ4n) is 5.36. The number of β-amino-alcohol motifs (C(OH)–C–C–N with tert-alkyl or cyclic N) is 1. The van der Waals surface area contributed by atoms with Crippen LogP contribution in [0.5, 0.6) is 0 Å². The van der Waals surface area contributed by atoms with E-state index >= 15 is 0 Å². The van der Waals surface area contributed by atoms with Gasteiger partial charge < -0.3 is 20.2 Å². The van der Waals surface area contributed by atoms with Crippen molar-refractivity contribution in [2.75, 3.05) is 38.5 Å². The van der Waals surface area contributed by atoms with E-state index in [0.717, 1.165) is 62.4 Å². The number of fused-ring (bicyclic) bond motifs is 1. The smallest absolute Gasteiger partial charge is 0.101 e. The number of benzene rings is 2. The topological polar surface area (TPSA) is 80.4 Å². The molecule has 3 aromatic rings. The summed E-state index contributed by atoms with van der Waals surface area (Å²) >= 11 is 6.11. The van der Waals surface area contributed by atoms with E-state index in [-0.39, 0.29) is 0 Å². The molecule has 2 aliphatic heterocycles. The summed E-state index contributed by atoms with van der Waals surface area (Å²) in [6.45, 7) is 4.81. The van der Waals surface area contributed by atoms with Crippen LogP contribution in [0, 0.1) is 11.3 Å². The molecule has 0 amide bonds. The molecule has 188 valence electrons. The number of hydrogen-bond donors (Lipinski definition) is 2. The highest BCUT2D eigenvalue weighted by molar-refractivity contribution is 6.30. The van der Waals surface area contributed by atoms with E-state index in [4.69, 9.17) is 16.7 Å². The molecule has 36 heavy (non-hydrogen) atoms.